The lowest BCUT2D eigenvalue weighted by atomic mass is 10.2. The zero-order valence-corrected chi connectivity index (χ0v) is 14.2. The summed E-state index contributed by atoms with van der Waals surface area (Å²) in [7, 11) is -2.58. The molecule has 24 heavy (non-hydrogen) atoms. The summed E-state index contributed by atoms with van der Waals surface area (Å²) in [5, 5.41) is 8.17. The van der Waals surface area contributed by atoms with E-state index < -0.39 is 10.4 Å². The van der Waals surface area contributed by atoms with Gasteiger partial charge in [0.05, 0.1) is 12.3 Å². The summed E-state index contributed by atoms with van der Waals surface area (Å²) in [5.41, 5.74) is 1.55. The highest BCUT2D eigenvalue weighted by molar-refractivity contribution is 7.80. The van der Waals surface area contributed by atoms with Crippen LogP contribution < -0.4 is 4.90 Å². The molecule has 1 N–H and O–H groups in total. The fraction of sp³-hybridized carbons (Fsp3) is 0.357. The Morgan fingerprint density at radius 3 is 2.54 bits per heavy atom. The Balaban J connectivity index is 1.99. The molecule has 2 rings (SSSR count). The van der Waals surface area contributed by atoms with Crippen LogP contribution in [0.2, 0.25) is 0 Å². The van der Waals surface area contributed by atoms with Crippen molar-refractivity contribution in [3.05, 3.63) is 36.7 Å². The van der Waals surface area contributed by atoms with Gasteiger partial charge in [-0.25, -0.2) is 9.17 Å². The SMILES string of the molecule is CCN(CCOS(=O)(=O)O)c1ccc(N=Nc2nccn2C)cc1. The van der Waals surface area contributed by atoms with Gasteiger partial charge in [0, 0.05) is 38.2 Å². The highest BCUT2D eigenvalue weighted by Crippen LogP contribution is 2.21. The van der Waals surface area contributed by atoms with Crippen LogP contribution in [0.4, 0.5) is 17.3 Å². The second kappa shape index (κ2) is 7.99. The first kappa shape index (κ1) is 18.0. The molecule has 9 nitrogen and oxygen atoms in total. The molecule has 0 aliphatic heterocycles. The second-order valence-corrected chi connectivity index (χ2v) is 5.98. The van der Waals surface area contributed by atoms with Gasteiger partial charge in [-0.15, -0.1) is 10.2 Å². The molecular weight excluding hydrogens is 334 g/mol. The van der Waals surface area contributed by atoms with Gasteiger partial charge in [-0.05, 0) is 31.2 Å². The largest absolute Gasteiger partial charge is 0.397 e. The van der Waals surface area contributed by atoms with Gasteiger partial charge in [-0.3, -0.25) is 4.55 Å². The summed E-state index contributed by atoms with van der Waals surface area (Å²) >= 11 is 0. The average Bonchev–Trinajstić information content (AvgIpc) is 2.94. The smallest absolute Gasteiger partial charge is 0.369 e. The monoisotopic (exact) mass is 353 g/mol. The Bertz CT molecular complexity index is 786. The third-order valence-electron chi connectivity index (χ3n) is 3.24. The number of rotatable bonds is 8. The quantitative estimate of drug-likeness (QED) is 0.577. The molecule has 0 amide bonds. The molecule has 130 valence electrons. The lowest BCUT2D eigenvalue weighted by Crippen LogP contribution is -2.27. The normalized spacial score (nSPS) is 12.0. The van der Waals surface area contributed by atoms with Crippen LogP contribution in [-0.2, 0) is 21.6 Å². The Morgan fingerprint density at radius 1 is 1.29 bits per heavy atom. The van der Waals surface area contributed by atoms with Crippen LogP contribution in [0.3, 0.4) is 0 Å². The topological polar surface area (TPSA) is 109 Å². The molecule has 1 heterocycles. The van der Waals surface area contributed by atoms with E-state index in [2.05, 4.69) is 19.4 Å². The molecule has 0 bridgehead atoms. The van der Waals surface area contributed by atoms with Crippen molar-refractivity contribution >= 4 is 27.7 Å². The Labute approximate surface area is 140 Å². The van der Waals surface area contributed by atoms with E-state index in [1.54, 1.807) is 29.1 Å². The van der Waals surface area contributed by atoms with Gasteiger partial charge in [0.2, 0.25) is 5.95 Å². The van der Waals surface area contributed by atoms with Gasteiger partial charge in [0.25, 0.3) is 0 Å². The lowest BCUT2D eigenvalue weighted by molar-refractivity contribution is 0.274. The van der Waals surface area contributed by atoms with E-state index in [1.807, 2.05) is 31.0 Å². The van der Waals surface area contributed by atoms with Gasteiger partial charge >= 0.3 is 10.4 Å². The van der Waals surface area contributed by atoms with E-state index in [0.717, 1.165) is 5.69 Å². The van der Waals surface area contributed by atoms with Crippen LogP contribution in [0.5, 0.6) is 0 Å². The summed E-state index contributed by atoms with van der Waals surface area (Å²) in [4.78, 5) is 5.96. The standard InChI is InChI=1S/C14H19N5O4S/c1-3-19(10-11-23-24(20,21)22)13-6-4-12(5-7-13)16-17-14-15-8-9-18(14)2/h4-9H,3,10-11H2,1-2H3,(H,20,21,22). The van der Waals surface area contributed by atoms with E-state index in [9.17, 15) is 8.42 Å². The molecule has 0 saturated heterocycles. The molecule has 0 atom stereocenters. The zero-order chi connectivity index (χ0) is 17.6. The highest BCUT2D eigenvalue weighted by Gasteiger charge is 2.08. The van der Waals surface area contributed by atoms with Crippen LogP contribution in [0.25, 0.3) is 0 Å². The number of aromatic nitrogens is 2. The second-order valence-electron chi connectivity index (χ2n) is 4.88. The molecule has 0 unspecified atom stereocenters. The maximum atomic E-state index is 10.6. The van der Waals surface area contributed by atoms with Gasteiger partial charge < -0.3 is 9.47 Å². The molecule has 1 aromatic heterocycles. The minimum atomic E-state index is -4.41. The number of anilines is 1. The third-order valence-corrected chi connectivity index (χ3v) is 3.71. The molecule has 0 fully saturated rings. The van der Waals surface area contributed by atoms with Crippen molar-refractivity contribution in [2.45, 2.75) is 6.92 Å². The number of imidazole rings is 1. The van der Waals surface area contributed by atoms with Crippen LogP contribution >= 0.6 is 0 Å². The predicted molar refractivity (Wildman–Crippen MR) is 89.2 cm³/mol. The van der Waals surface area contributed by atoms with Crippen molar-refractivity contribution in [3.8, 4) is 0 Å². The number of azo groups is 1. The Kier molecular flexibility index (Phi) is 6.01. The first-order chi connectivity index (χ1) is 11.4. The molecule has 0 radical (unpaired) electrons. The average molecular weight is 353 g/mol. The minimum absolute atomic E-state index is 0.132. The minimum Gasteiger partial charge on any atom is -0.369 e. The van der Waals surface area contributed by atoms with Crippen molar-refractivity contribution in [2.24, 2.45) is 17.3 Å². The van der Waals surface area contributed by atoms with Crippen LogP contribution in [0.1, 0.15) is 6.92 Å². The van der Waals surface area contributed by atoms with Crippen molar-refractivity contribution in [1.29, 1.82) is 0 Å². The summed E-state index contributed by atoms with van der Waals surface area (Å²) in [6, 6.07) is 7.30. The number of likely N-dealkylation sites (N-methyl/N-ethyl adjacent to an activating group) is 1. The maximum absolute atomic E-state index is 10.6. The molecule has 0 aliphatic rings. The van der Waals surface area contributed by atoms with E-state index in [1.165, 1.54) is 0 Å². The Morgan fingerprint density at radius 2 is 2.00 bits per heavy atom. The third kappa shape index (κ3) is 5.41. The Hall–Kier alpha value is -2.30. The van der Waals surface area contributed by atoms with Crippen molar-refractivity contribution < 1.29 is 17.2 Å². The van der Waals surface area contributed by atoms with Crippen LogP contribution in [-0.4, -0.2) is 42.2 Å². The first-order valence-electron chi connectivity index (χ1n) is 7.25. The van der Waals surface area contributed by atoms with E-state index in [-0.39, 0.29) is 6.61 Å². The van der Waals surface area contributed by atoms with Crippen molar-refractivity contribution in [1.82, 2.24) is 9.55 Å². The number of nitrogens with zero attached hydrogens (tertiary/aromatic N) is 5. The van der Waals surface area contributed by atoms with E-state index in [4.69, 9.17) is 4.55 Å². The summed E-state index contributed by atoms with van der Waals surface area (Å²) < 4.78 is 35.8. The summed E-state index contributed by atoms with van der Waals surface area (Å²) in [5.74, 6) is 0.511. The number of hydrogen-bond donors (Lipinski definition) is 1. The lowest BCUT2D eigenvalue weighted by Gasteiger charge is -2.22. The number of benzene rings is 1. The van der Waals surface area contributed by atoms with Crippen molar-refractivity contribution in [2.75, 3.05) is 24.6 Å². The van der Waals surface area contributed by atoms with Crippen LogP contribution in [0, 0.1) is 0 Å². The molecular formula is C14H19N5O4S. The predicted octanol–water partition coefficient (Wildman–Crippen LogP) is 2.48. The fourth-order valence-corrected chi connectivity index (χ4v) is 2.29. The fourth-order valence-electron chi connectivity index (χ4n) is 2.01. The zero-order valence-electron chi connectivity index (χ0n) is 13.4. The number of aryl methyl sites for hydroxylation is 1. The maximum Gasteiger partial charge on any atom is 0.397 e. The van der Waals surface area contributed by atoms with Crippen molar-refractivity contribution in [3.63, 3.8) is 0 Å². The molecule has 0 aliphatic carbocycles. The van der Waals surface area contributed by atoms with Gasteiger partial charge in [-0.2, -0.15) is 8.42 Å². The van der Waals surface area contributed by atoms with Crippen LogP contribution in [0.15, 0.2) is 46.9 Å². The molecule has 1 aromatic carbocycles. The molecule has 0 spiro atoms. The van der Waals surface area contributed by atoms with E-state index >= 15 is 0 Å². The van der Waals surface area contributed by atoms with Gasteiger partial charge in [-0.1, -0.05) is 0 Å². The summed E-state index contributed by atoms with van der Waals surface area (Å²) in [6.45, 7) is 2.78. The highest BCUT2D eigenvalue weighted by atomic mass is 32.3. The van der Waals surface area contributed by atoms with Gasteiger partial charge in [0.15, 0.2) is 0 Å². The summed E-state index contributed by atoms with van der Waals surface area (Å²) in [6.07, 6.45) is 3.43. The molecule has 10 heteroatoms. The first-order valence-corrected chi connectivity index (χ1v) is 8.61. The van der Waals surface area contributed by atoms with Gasteiger partial charge in [0.1, 0.15) is 0 Å². The molecule has 0 saturated carbocycles. The molecule has 2 aromatic rings. The van der Waals surface area contributed by atoms with E-state index in [0.29, 0.717) is 24.7 Å². The number of hydrogen-bond acceptors (Lipinski definition) is 7.